The first-order chi connectivity index (χ1) is 8.50. The zero-order chi connectivity index (χ0) is 14.8. The molecule has 19 heavy (non-hydrogen) atoms. The Morgan fingerprint density at radius 2 is 2.00 bits per heavy atom. The molecule has 1 saturated heterocycles. The van der Waals surface area contributed by atoms with Crippen molar-refractivity contribution in [2.75, 3.05) is 19.3 Å². The summed E-state index contributed by atoms with van der Waals surface area (Å²) in [5.41, 5.74) is -0.657. The molecular weight excluding hydrogens is 266 g/mol. The Morgan fingerprint density at radius 1 is 1.42 bits per heavy atom. The number of likely N-dealkylation sites (tertiary alicyclic amines) is 1. The average Bonchev–Trinajstić information content (AvgIpc) is 2.44. The zero-order valence-electron chi connectivity index (χ0n) is 12.4. The lowest BCUT2D eigenvalue weighted by Gasteiger charge is -2.30. The van der Waals surface area contributed by atoms with Crippen molar-refractivity contribution in [3.8, 4) is 0 Å². The van der Waals surface area contributed by atoms with Crippen molar-refractivity contribution >= 4 is 15.9 Å². The van der Waals surface area contributed by atoms with Crippen molar-refractivity contribution in [2.45, 2.75) is 51.7 Å². The Morgan fingerprint density at radius 3 is 2.47 bits per heavy atom. The summed E-state index contributed by atoms with van der Waals surface area (Å²) >= 11 is 0. The molecule has 7 heteroatoms. The van der Waals surface area contributed by atoms with Gasteiger partial charge in [-0.2, -0.15) is 0 Å². The third-order valence-corrected chi connectivity index (χ3v) is 3.80. The van der Waals surface area contributed by atoms with Gasteiger partial charge >= 0.3 is 0 Å². The number of rotatable bonds is 6. The lowest BCUT2D eigenvalue weighted by Crippen LogP contribution is -2.52. The molecule has 1 rings (SSSR count). The van der Waals surface area contributed by atoms with Gasteiger partial charge in [0.1, 0.15) is 0 Å². The van der Waals surface area contributed by atoms with Gasteiger partial charge in [-0.1, -0.05) is 13.8 Å². The number of carbonyl (C=O) groups is 1. The quantitative estimate of drug-likeness (QED) is 0.717. The molecule has 0 aromatic carbocycles. The Hall–Kier alpha value is -0.660. The van der Waals surface area contributed by atoms with Crippen molar-refractivity contribution in [1.29, 1.82) is 0 Å². The highest BCUT2D eigenvalue weighted by Crippen LogP contribution is 2.16. The molecule has 1 fully saturated rings. The van der Waals surface area contributed by atoms with Gasteiger partial charge in [0.15, 0.2) is 0 Å². The lowest BCUT2D eigenvalue weighted by atomic mass is 10.1. The summed E-state index contributed by atoms with van der Waals surface area (Å²) in [5.74, 6) is 0.0528. The summed E-state index contributed by atoms with van der Waals surface area (Å²) in [6.45, 7) is 8.62. The summed E-state index contributed by atoms with van der Waals surface area (Å²) in [5, 5.41) is 3.23. The summed E-state index contributed by atoms with van der Waals surface area (Å²) < 4.78 is 25.1. The van der Waals surface area contributed by atoms with Gasteiger partial charge in [-0.15, -0.1) is 0 Å². The molecule has 0 bridgehead atoms. The fourth-order valence-corrected chi connectivity index (χ4v) is 3.53. The maximum absolute atomic E-state index is 12.2. The lowest BCUT2D eigenvalue weighted by molar-refractivity contribution is -0.130. The van der Waals surface area contributed by atoms with Crippen molar-refractivity contribution in [1.82, 2.24) is 14.9 Å². The monoisotopic (exact) mass is 291 g/mol. The van der Waals surface area contributed by atoms with Gasteiger partial charge in [-0.05, 0) is 20.3 Å². The molecule has 0 aromatic heterocycles. The van der Waals surface area contributed by atoms with Gasteiger partial charge in [-0.3, -0.25) is 4.79 Å². The number of nitrogens with zero attached hydrogens (tertiary/aromatic N) is 1. The summed E-state index contributed by atoms with van der Waals surface area (Å²) in [6, 6.07) is 0.116. The minimum atomic E-state index is -3.28. The van der Waals surface area contributed by atoms with Crippen LogP contribution in [0.2, 0.25) is 0 Å². The molecule has 112 valence electrons. The molecule has 6 nitrogen and oxygen atoms in total. The van der Waals surface area contributed by atoms with E-state index in [4.69, 9.17) is 0 Å². The predicted octanol–water partition coefficient (Wildman–Crippen LogP) is -0.0869. The van der Waals surface area contributed by atoms with Gasteiger partial charge in [0.2, 0.25) is 15.9 Å². The topological polar surface area (TPSA) is 78.5 Å². The van der Waals surface area contributed by atoms with Crippen LogP contribution in [-0.4, -0.2) is 56.2 Å². The fourth-order valence-electron chi connectivity index (χ4n) is 2.46. The number of carbonyl (C=O) groups excluding carboxylic acids is 1. The molecule has 1 atom stereocenters. The van der Waals surface area contributed by atoms with E-state index in [9.17, 15) is 13.2 Å². The Bertz CT molecular complexity index is 432. The number of amides is 1. The maximum Gasteiger partial charge on any atom is 0.239 e. The van der Waals surface area contributed by atoms with E-state index in [1.54, 1.807) is 18.7 Å². The highest BCUT2D eigenvalue weighted by Gasteiger charge is 2.35. The molecule has 2 N–H and O–H groups in total. The highest BCUT2D eigenvalue weighted by molar-refractivity contribution is 7.88. The summed E-state index contributed by atoms with van der Waals surface area (Å²) in [4.78, 5) is 13.9. The van der Waals surface area contributed by atoms with Crippen LogP contribution in [0, 0.1) is 0 Å². The minimum Gasteiger partial charge on any atom is -0.339 e. The van der Waals surface area contributed by atoms with Crippen molar-refractivity contribution in [3.05, 3.63) is 0 Å². The van der Waals surface area contributed by atoms with Gasteiger partial charge in [0.25, 0.3) is 0 Å². The van der Waals surface area contributed by atoms with Crippen LogP contribution < -0.4 is 10.0 Å². The minimum absolute atomic E-state index is 0.0528. The molecule has 1 aliphatic rings. The number of nitrogens with one attached hydrogen (secondary N) is 2. The van der Waals surface area contributed by atoms with Crippen LogP contribution >= 0.6 is 0 Å². The van der Waals surface area contributed by atoms with E-state index in [-0.39, 0.29) is 18.0 Å². The van der Waals surface area contributed by atoms with Gasteiger partial charge < -0.3 is 10.2 Å². The largest absolute Gasteiger partial charge is 0.339 e. The highest BCUT2D eigenvalue weighted by atomic mass is 32.2. The first-order valence-corrected chi connectivity index (χ1v) is 8.43. The van der Waals surface area contributed by atoms with Crippen molar-refractivity contribution in [2.24, 2.45) is 0 Å². The van der Waals surface area contributed by atoms with E-state index < -0.39 is 15.6 Å². The van der Waals surface area contributed by atoms with Crippen molar-refractivity contribution < 1.29 is 13.2 Å². The standard InChI is InChI=1S/C12H25N3O3S/c1-9(2)13-10-6-7-15(11(10)16)8-12(3,4)14-19(5,17)18/h9-10,13-14H,6-8H2,1-5H3. The molecule has 0 radical (unpaired) electrons. The molecule has 0 saturated carbocycles. The predicted molar refractivity (Wildman–Crippen MR) is 75.3 cm³/mol. The van der Waals surface area contributed by atoms with E-state index in [1.807, 2.05) is 13.8 Å². The van der Waals surface area contributed by atoms with E-state index in [2.05, 4.69) is 10.0 Å². The molecular formula is C12H25N3O3S. The van der Waals surface area contributed by atoms with Gasteiger partial charge in [-0.25, -0.2) is 13.1 Å². The number of hydrogen-bond acceptors (Lipinski definition) is 4. The van der Waals surface area contributed by atoms with E-state index in [0.717, 1.165) is 12.7 Å². The Balaban J connectivity index is 2.61. The van der Waals surface area contributed by atoms with Crippen LogP contribution in [0.25, 0.3) is 0 Å². The molecule has 1 unspecified atom stereocenters. The summed E-state index contributed by atoms with van der Waals surface area (Å²) in [6.07, 6.45) is 1.90. The second-order valence-corrected chi connectivity index (χ2v) is 7.93. The van der Waals surface area contributed by atoms with Gasteiger partial charge in [0.05, 0.1) is 12.3 Å². The maximum atomic E-state index is 12.2. The molecule has 1 heterocycles. The first-order valence-electron chi connectivity index (χ1n) is 6.54. The van der Waals surface area contributed by atoms with Crippen molar-refractivity contribution in [3.63, 3.8) is 0 Å². The van der Waals surface area contributed by atoms with Crippen LogP contribution in [0.15, 0.2) is 0 Å². The number of hydrogen-bond donors (Lipinski definition) is 2. The average molecular weight is 291 g/mol. The Kier molecular flexibility index (Phi) is 4.97. The van der Waals surface area contributed by atoms with Gasteiger partial charge in [0, 0.05) is 24.7 Å². The molecule has 1 amide bonds. The van der Waals surface area contributed by atoms with E-state index in [1.165, 1.54) is 0 Å². The SMILES string of the molecule is CC(C)NC1CCN(CC(C)(C)NS(C)(=O)=O)C1=O. The van der Waals surface area contributed by atoms with Crippen LogP contribution in [0.1, 0.15) is 34.1 Å². The molecule has 0 aliphatic carbocycles. The first kappa shape index (κ1) is 16.4. The normalized spacial score (nSPS) is 21.5. The number of sulfonamides is 1. The third kappa shape index (κ3) is 5.46. The van der Waals surface area contributed by atoms with Crippen LogP contribution in [0.4, 0.5) is 0 Å². The molecule has 0 spiro atoms. The van der Waals surface area contributed by atoms with Crippen LogP contribution in [0.3, 0.4) is 0 Å². The second kappa shape index (κ2) is 5.76. The third-order valence-electron chi connectivity index (χ3n) is 2.88. The smallest absolute Gasteiger partial charge is 0.239 e. The second-order valence-electron chi connectivity index (χ2n) is 6.18. The Labute approximate surface area is 116 Å². The summed E-state index contributed by atoms with van der Waals surface area (Å²) in [7, 11) is -3.28. The molecule has 1 aliphatic heterocycles. The van der Waals surface area contributed by atoms with Crippen LogP contribution in [0.5, 0.6) is 0 Å². The zero-order valence-corrected chi connectivity index (χ0v) is 13.2. The van der Waals surface area contributed by atoms with Crippen LogP contribution in [-0.2, 0) is 14.8 Å². The molecule has 0 aromatic rings. The van der Waals surface area contributed by atoms with E-state index in [0.29, 0.717) is 13.1 Å². The van der Waals surface area contributed by atoms with E-state index >= 15 is 0 Å². The fraction of sp³-hybridized carbons (Fsp3) is 0.917.